The van der Waals surface area contributed by atoms with Crippen LogP contribution in [0.2, 0.25) is 0 Å². The van der Waals surface area contributed by atoms with Crippen LogP contribution in [-0.4, -0.2) is 72.7 Å². The monoisotopic (exact) mass is 370 g/mol. The topological polar surface area (TPSA) is 104 Å². The van der Waals surface area contributed by atoms with Crippen molar-refractivity contribution >= 4 is 21.7 Å². The van der Waals surface area contributed by atoms with E-state index >= 15 is 0 Å². The first-order valence-electron chi connectivity index (χ1n) is 8.09. The lowest BCUT2D eigenvalue weighted by Crippen LogP contribution is -2.53. The van der Waals surface area contributed by atoms with Gasteiger partial charge in [0.15, 0.2) is 0 Å². The minimum Gasteiger partial charge on any atom is -0.325 e. The molecule has 1 aliphatic rings. The molecule has 138 valence electrons. The van der Waals surface area contributed by atoms with Crippen LogP contribution in [-0.2, 0) is 10.0 Å². The van der Waals surface area contributed by atoms with Gasteiger partial charge < -0.3 is 9.80 Å². The average Bonchev–Trinajstić information content (AvgIpc) is 2.62. The molecule has 0 aromatic heterocycles. The van der Waals surface area contributed by atoms with Gasteiger partial charge in [0.2, 0.25) is 10.0 Å². The fourth-order valence-corrected chi connectivity index (χ4v) is 4.12. The average molecular weight is 370 g/mol. The fourth-order valence-electron chi connectivity index (χ4n) is 2.70. The third-order valence-corrected chi connectivity index (χ3v) is 6.14. The summed E-state index contributed by atoms with van der Waals surface area (Å²) in [5.41, 5.74) is -0.159. The zero-order valence-electron chi connectivity index (χ0n) is 14.3. The molecule has 0 bridgehead atoms. The van der Waals surface area contributed by atoms with Gasteiger partial charge in [0, 0.05) is 51.4 Å². The highest BCUT2D eigenvalue weighted by Crippen LogP contribution is 2.21. The van der Waals surface area contributed by atoms with E-state index in [2.05, 4.69) is 0 Å². The molecule has 1 aliphatic heterocycles. The summed E-state index contributed by atoms with van der Waals surface area (Å²) in [4.78, 5) is 25.8. The van der Waals surface area contributed by atoms with Crippen LogP contribution in [0.5, 0.6) is 0 Å². The van der Waals surface area contributed by atoms with Crippen LogP contribution in [0, 0.1) is 10.1 Å². The largest absolute Gasteiger partial charge is 0.325 e. The third-order valence-electron chi connectivity index (χ3n) is 4.23. The predicted molar refractivity (Wildman–Crippen MR) is 91.7 cm³/mol. The van der Waals surface area contributed by atoms with Crippen LogP contribution < -0.4 is 0 Å². The number of nitrogens with zero attached hydrogens (tertiary/aromatic N) is 4. The molecule has 9 nitrogen and oxygen atoms in total. The summed E-state index contributed by atoms with van der Waals surface area (Å²) in [5, 5.41) is 10.7. The van der Waals surface area contributed by atoms with Crippen molar-refractivity contribution in [2.75, 3.05) is 39.3 Å². The van der Waals surface area contributed by atoms with E-state index in [1.165, 1.54) is 28.6 Å². The molecular weight excluding hydrogens is 348 g/mol. The second-order valence-corrected chi connectivity index (χ2v) is 7.53. The zero-order chi connectivity index (χ0) is 18.6. The maximum absolute atomic E-state index is 12.6. The molecule has 2 rings (SSSR count). The van der Waals surface area contributed by atoms with Gasteiger partial charge in [0.05, 0.1) is 9.82 Å². The summed E-state index contributed by atoms with van der Waals surface area (Å²) in [5.74, 6) is 0. The number of nitro groups is 1. The minimum atomic E-state index is -3.73. The van der Waals surface area contributed by atoms with Crippen molar-refractivity contribution in [3.63, 3.8) is 0 Å². The number of hydrogen-bond donors (Lipinski definition) is 0. The lowest BCUT2D eigenvalue weighted by molar-refractivity contribution is -0.384. The molecular formula is C15H22N4O5S. The van der Waals surface area contributed by atoms with Crippen LogP contribution in [0.15, 0.2) is 29.2 Å². The zero-order valence-corrected chi connectivity index (χ0v) is 15.1. The molecule has 1 fully saturated rings. The van der Waals surface area contributed by atoms with E-state index < -0.39 is 14.9 Å². The lowest BCUT2D eigenvalue weighted by atomic mass is 10.3. The molecule has 0 aliphatic carbocycles. The number of hydrogen-bond acceptors (Lipinski definition) is 5. The first-order chi connectivity index (χ1) is 11.8. The van der Waals surface area contributed by atoms with Gasteiger partial charge in [-0.25, -0.2) is 13.2 Å². The third kappa shape index (κ3) is 4.07. The number of nitro benzene ring substituents is 1. The smallest absolute Gasteiger partial charge is 0.320 e. The van der Waals surface area contributed by atoms with Crippen LogP contribution in [0.1, 0.15) is 13.8 Å². The highest BCUT2D eigenvalue weighted by molar-refractivity contribution is 7.89. The Morgan fingerprint density at radius 1 is 1.12 bits per heavy atom. The number of rotatable bonds is 5. The number of non-ortho nitro benzene ring substituents is 1. The number of sulfonamides is 1. The van der Waals surface area contributed by atoms with Crippen molar-refractivity contribution in [3.8, 4) is 0 Å². The van der Waals surface area contributed by atoms with E-state index in [0.29, 0.717) is 26.2 Å². The number of urea groups is 1. The molecule has 1 heterocycles. The molecule has 10 heteroatoms. The summed E-state index contributed by atoms with van der Waals surface area (Å²) in [7, 11) is -3.73. The second kappa shape index (κ2) is 7.79. The van der Waals surface area contributed by atoms with Crippen LogP contribution in [0.25, 0.3) is 0 Å². The van der Waals surface area contributed by atoms with Crippen molar-refractivity contribution in [2.24, 2.45) is 0 Å². The molecule has 2 amide bonds. The second-order valence-electron chi connectivity index (χ2n) is 5.60. The van der Waals surface area contributed by atoms with Gasteiger partial charge in [0.25, 0.3) is 5.69 Å². The molecule has 1 saturated heterocycles. The standard InChI is InChI=1S/C15H22N4O5S/c1-3-16(4-2)15(20)17-9-11-18(12-10-17)25(23,24)14-7-5-13(6-8-14)19(21)22/h5-8H,3-4,9-12H2,1-2H3. The van der Waals surface area contributed by atoms with Crippen molar-refractivity contribution in [3.05, 3.63) is 34.4 Å². The number of carbonyl (C=O) groups is 1. The Bertz CT molecular complexity index is 723. The van der Waals surface area contributed by atoms with Crippen LogP contribution in [0.4, 0.5) is 10.5 Å². The summed E-state index contributed by atoms with van der Waals surface area (Å²) in [6.45, 7) is 6.06. The van der Waals surface area contributed by atoms with Crippen molar-refractivity contribution < 1.29 is 18.1 Å². The molecule has 0 N–H and O–H groups in total. The maximum Gasteiger partial charge on any atom is 0.320 e. The van der Waals surface area contributed by atoms with Gasteiger partial charge in [-0.05, 0) is 26.0 Å². The van der Waals surface area contributed by atoms with Gasteiger partial charge in [-0.2, -0.15) is 4.31 Å². The van der Waals surface area contributed by atoms with Crippen molar-refractivity contribution in [1.29, 1.82) is 0 Å². The highest BCUT2D eigenvalue weighted by atomic mass is 32.2. The van der Waals surface area contributed by atoms with Gasteiger partial charge in [-0.1, -0.05) is 0 Å². The molecule has 1 aromatic rings. The van der Waals surface area contributed by atoms with Crippen molar-refractivity contribution in [1.82, 2.24) is 14.1 Å². The number of carbonyl (C=O) groups excluding carboxylic acids is 1. The number of benzene rings is 1. The molecule has 1 aromatic carbocycles. The Labute approximate surface area is 147 Å². The van der Waals surface area contributed by atoms with E-state index in [9.17, 15) is 23.3 Å². The van der Waals surface area contributed by atoms with E-state index in [4.69, 9.17) is 0 Å². The Hall–Kier alpha value is -2.20. The summed E-state index contributed by atoms with van der Waals surface area (Å²) in [6.07, 6.45) is 0. The Morgan fingerprint density at radius 2 is 1.64 bits per heavy atom. The summed E-state index contributed by atoms with van der Waals surface area (Å²) in [6, 6.07) is 4.74. The van der Waals surface area contributed by atoms with Gasteiger partial charge in [-0.15, -0.1) is 0 Å². The highest BCUT2D eigenvalue weighted by Gasteiger charge is 2.31. The molecule has 0 spiro atoms. The Kier molecular flexibility index (Phi) is 5.96. The summed E-state index contributed by atoms with van der Waals surface area (Å²) < 4.78 is 26.6. The minimum absolute atomic E-state index is 0.0154. The molecule has 0 unspecified atom stereocenters. The fraction of sp³-hybridized carbons (Fsp3) is 0.533. The SMILES string of the molecule is CCN(CC)C(=O)N1CCN(S(=O)(=O)c2ccc([N+](=O)[O-])cc2)CC1. The molecule has 0 saturated carbocycles. The predicted octanol–water partition coefficient (Wildman–Crippen LogP) is 1.36. The van der Waals surface area contributed by atoms with Crippen LogP contribution in [0.3, 0.4) is 0 Å². The first-order valence-corrected chi connectivity index (χ1v) is 9.53. The summed E-state index contributed by atoms with van der Waals surface area (Å²) >= 11 is 0. The van der Waals surface area contributed by atoms with Crippen molar-refractivity contribution in [2.45, 2.75) is 18.7 Å². The van der Waals surface area contributed by atoms with E-state index in [1.54, 1.807) is 9.80 Å². The molecule has 0 atom stereocenters. The molecule has 25 heavy (non-hydrogen) atoms. The molecule has 0 radical (unpaired) electrons. The number of piperazine rings is 1. The maximum atomic E-state index is 12.6. The first kappa shape index (κ1) is 19.1. The van der Waals surface area contributed by atoms with Gasteiger partial charge >= 0.3 is 6.03 Å². The normalized spacial score (nSPS) is 15.8. The van der Waals surface area contributed by atoms with E-state index in [1.807, 2.05) is 13.8 Å². The Balaban J connectivity index is 2.06. The van der Waals surface area contributed by atoms with E-state index in [-0.39, 0.29) is 29.7 Å². The van der Waals surface area contributed by atoms with Gasteiger partial charge in [0.1, 0.15) is 0 Å². The van der Waals surface area contributed by atoms with Gasteiger partial charge in [-0.3, -0.25) is 10.1 Å². The lowest BCUT2D eigenvalue weighted by Gasteiger charge is -2.36. The van der Waals surface area contributed by atoms with E-state index in [0.717, 1.165) is 0 Å². The quantitative estimate of drug-likeness (QED) is 0.575. The number of amides is 2. The Morgan fingerprint density at radius 3 is 2.08 bits per heavy atom. The van der Waals surface area contributed by atoms with Crippen LogP contribution >= 0.6 is 0 Å².